The number of sulfonamides is 1. The smallest absolute Gasteiger partial charge is 0.324 e. The minimum Gasteiger partial charge on any atom is -0.329 e. The number of hydrogen-bond donors (Lipinski definition) is 3. The van der Waals surface area contributed by atoms with Crippen LogP contribution in [-0.2, 0) is 21.4 Å². The van der Waals surface area contributed by atoms with E-state index in [9.17, 15) is 22.8 Å². The summed E-state index contributed by atoms with van der Waals surface area (Å²) < 4.78 is 28.7. The van der Waals surface area contributed by atoms with Crippen molar-refractivity contribution in [2.75, 3.05) is 16.6 Å². The van der Waals surface area contributed by atoms with Crippen LogP contribution in [0, 0.1) is 13.8 Å². The molecule has 0 spiro atoms. The van der Waals surface area contributed by atoms with Gasteiger partial charge in [0.15, 0.2) is 0 Å². The predicted molar refractivity (Wildman–Crippen MR) is 132 cm³/mol. The minimum absolute atomic E-state index is 0.0377. The van der Waals surface area contributed by atoms with Crippen molar-refractivity contribution < 1.29 is 22.8 Å². The predicted octanol–water partition coefficient (Wildman–Crippen LogP) is 3.41. The van der Waals surface area contributed by atoms with Gasteiger partial charge in [-0.05, 0) is 60.9 Å². The van der Waals surface area contributed by atoms with Gasteiger partial charge in [0.1, 0.15) is 0 Å². The molecule has 3 N–H and O–H groups in total. The van der Waals surface area contributed by atoms with Crippen molar-refractivity contribution in [3.63, 3.8) is 0 Å². The number of aryl methyl sites for hydroxylation is 2. The topological polar surface area (TPSA) is 125 Å². The summed E-state index contributed by atoms with van der Waals surface area (Å²) in [4.78, 5) is 37.9. The SMILES string of the molecule is Cc1ccc(C)c(S(=O)(=O)Nc2ccccc2C(=O)Nc2cccc(CN3C(=O)CNC3=O)c2)c1. The van der Waals surface area contributed by atoms with Crippen LogP contribution >= 0.6 is 0 Å². The van der Waals surface area contributed by atoms with Crippen molar-refractivity contribution >= 4 is 39.2 Å². The number of imide groups is 1. The third-order valence-electron chi connectivity index (χ3n) is 5.51. The maximum Gasteiger partial charge on any atom is 0.324 e. The average molecular weight is 493 g/mol. The molecule has 3 aromatic rings. The summed E-state index contributed by atoms with van der Waals surface area (Å²) in [6.07, 6.45) is 0. The van der Waals surface area contributed by atoms with E-state index >= 15 is 0 Å². The molecule has 180 valence electrons. The number of carbonyl (C=O) groups is 3. The first-order chi connectivity index (χ1) is 16.6. The molecule has 0 aromatic heterocycles. The fraction of sp³-hybridized carbons (Fsp3) is 0.160. The van der Waals surface area contributed by atoms with Crippen molar-refractivity contribution in [1.82, 2.24) is 10.2 Å². The van der Waals surface area contributed by atoms with Crippen LogP contribution in [0.2, 0.25) is 0 Å². The van der Waals surface area contributed by atoms with Gasteiger partial charge in [-0.25, -0.2) is 13.2 Å². The molecule has 4 rings (SSSR count). The maximum atomic E-state index is 13.1. The molecule has 0 saturated carbocycles. The molecular formula is C25H24N4O5S. The van der Waals surface area contributed by atoms with Crippen LogP contribution < -0.4 is 15.4 Å². The van der Waals surface area contributed by atoms with Crippen LogP contribution in [0.15, 0.2) is 71.6 Å². The number of para-hydroxylation sites is 1. The first kappa shape index (κ1) is 24.0. The van der Waals surface area contributed by atoms with E-state index in [2.05, 4.69) is 15.4 Å². The number of hydrogen-bond acceptors (Lipinski definition) is 5. The lowest BCUT2D eigenvalue weighted by Crippen LogP contribution is -2.30. The number of benzene rings is 3. The van der Waals surface area contributed by atoms with E-state index in [0.717, 1.165) is 10.5 Å². The molecule has 3 aromatic carbocycles. The van der Waals surface area contributed by atoms with Gasteiger partial charge in [-0.3, -0.25) is 19.2 Å². The molecular weight excluding hydrogens is 468 g/mol. The molecule has 35 heavy (non-hydrogen) atoms. The van der Waals surface area contributed by atoms with Crippen molar-refractivity contribution in [2.45, 2.75) is 25.3 Å². The molecule has 1 heterocycles. The van der Waals surface area contributed by atoms with Gasteiger partial charge >= 0.3 is 6.03 Å². The Balaban J connectivity index is 1.54. The van der Waals surface area contributed by atoms with Crippen molar-refractivity contribution in [2.24, 2.45) is 0 Å². The third kappa shape index (κ3) is 5.33. The maximum absolute atomic E-state index is 13.1. The van der Waals surface area contributed by atoms with E-state index in [-0.39, 0.29) is 35.1 Å². The summed E-state index contributed by atoms with van der Waals surface area (Å²) in [5, 5.41) is 5.22. The zero-order chi connectivity index (χ0) is 25.2. The number of nitrogens with zero attached hydrogens (tertiary/aromatic N) is 1. The van der Waals surface area contributed by atoms with Crippen LogP contribution in [-0.4, -0.2) is 37.7 Å². The molecule has 0 unspecified atom stereocenters. The van der Waals surface area contributed by atoms with E-state index < -0.39 is 22.0 Å². The lowest BCUT2D eigenvalue weighted by atomic mass is 10.1. The van der Waals surface area contributed by atoms with Gasteiger partial charge in [0.05, 0.1) is 29.2 Å². The molecule has 0 radical (unpaired) electrons. The van der Waals surface area contributed by atoms with Gasteiger partial charge < -0.3 is 10.6 Å². The number of nitrogens with one attached hydrogen (secondary N) is 3. The Labute approximate surface area is 203 Å². The lowest BCUT2D eigenvalue weighted by Gasteiger charge is -2.15. The highest BCUT2D eigenvalue weighted by Crippen LogP contribution is 2.24. The first-order valence-corrected chi connectivity index (χ1v) is 12.3. The first-order valence-electron chi connectivity index (χ1n) is 10.8. The fourth-order valence-corrected chi connectivity index (χ4v) is 5.12. The highest BCUT2D eigenvalue weighted by atomic mass is 32.2. The van der Waals surface area contributed by atoms with Crippen LogP contribution in [0.3, 0.4) is 0 Å². The number of rotatable bonds is 7. The van der Waals surface area contributed by atoms with Gasteiger partial charge in [0.25, 0.3) is 15.9 Å². The number of carbonyl (C=O) groups excluding carboxylic acids is 3. The quantitative estimate of drug-likeness (QED) is 0.436. The molecule has 1 fully saturated rings. The highest BCUT2D eigenvalue weighted by Gasteiger charge is 2.28. The van der Waals surface area contributed by atoms with E-state index in [1.54, 1.807) is 62.4 Å². The molecule has 0 atom stereocenters. The summed E-state index contributed by atoms with van der Waals surface area (Å²) in [5.41, 5.74) is 2.76. The van der Waals surface area contributed by atoms with Gasteiger partial charge in [0, 0.05) is 5.69 Å². The Bertz CT molecular complexity index is 1420. The summed E-state index contributed by atoms with van der Waals surface area (Å²) >= 11 is 0. The number of anilines is 2. The number of urea groups is 1. The van der Waals surface area contributed by atoms with Crippen LogP contribution in [0.25, 0.3) is 0 Å². The van der Waals surface area contributed by atoms with Gasteiger partial charge in [0.2, 0.25) is 5.91 Å². The van der Waals surface area contributed by atoms with E-state index in [1.165, 1.54) is 12.1 Å². The zero-order valence-electron chi connectivity index (χ0n) is 19.2. The molecule has 9 nitrogen and oxygen atoms in total. The molecule has 1 saturated heterocycles. The summed E-state index contributed by atoms with van der Waals surface area (Å²) in [7, 11) is -3.93. The largest absolute Gasteiger partial charge is 0.329 e. The Morgan fingerprint density at radius 3 is 2.51 bits per heavy atom. The molecule has 0 bridgehead atoms. The van der Waals surface area contributed by atoms with Crippen LogP contribution in [0.1, 0.15) is 27.0 Å². The molecule has 4 amide bonds. The zero-order valence-corrected chi connectivity index (χ0v) is 20.0. The van der Waals surface area contributed by atoms with E-state index in [4.69, 9.17) is 0 Å². The highest BCUT2D eigenvalue weighted by molar-refractivity contribution is 7.92. The fourth-order valence-electron chi connectivity index (χ4n) is 3.71. The molecule has 1 aliphatic rings. The molecule has 1 aliphatic heterocycles. The Morgan fingerprint density at radius 1 is 1.00 bits per heavy atom. The van der Waals surface area contributed by atoms with Gasteiger partial charge in [-0.2, -0.15) is 0 Å². The number of amides is 4. The van der Waals surface area contributed by atoms with E-state index in [0.29, 0.717) is 16.8 Å². The minimum atomic E-state index is -3.93. The lowest BCUT2D eigenvalue weighted by molar-refractivity contribution is -0.125. The monoisotopic (exact) mass is 492 g/mol. The average Bonchev–Trinajstić information content (AvgIpc) is 3.13. The van der Waals surface area contributed by atoms with Gasteiger partial charge in [-0.1, -0.05) is 36.4 Å². The summed E-state index contributed by atoms with van der Waals surface area (Å²) in [6, 6.07) is 17.7. The van der Waals surface area contributed by atoms with Crippen LogP contribution in [0.4, 0.5) is 16.2 Å². The second-order valence-corrected chi connectivity index (χ2v) is 9.86. The molecule has 10 heteroatoms. The second-order valence-electron chi connectivity index (χ2n) is 8.21. The van der Waals surface area contributed by atoms with Crippen molar-refractivity contribution in [1.29, 1.82) is 0 Å². The van der Waals surface area contributed by atoms with Crippen molar-refractivity contribution in [3.8, 4) is 0 Å². The van der Waals surface area contributed by atoms with Crippen molar-refractivity contribution in [3.05, 3.63) is 89.0 Å². The Hall–Kier alpha value is -4.18. The third-order valence-corrected chi connectivity index (χ3v) is 7.02. The molecule has 0 aliphatic carbocycles. The standard InChI is InChI=1S/C25H24N4O5S/c1-16-10-11-17(2)22(12-16)35(33,34)28-21-9-4-3-8-20(21)24(31)27-19-7-5-6-18(13-19)15-29-23(30)14-26-25(29)32/h3-13,28H,14-15H2,1-2H3,(H,26,32)(H,27,31). The van der Waals surface area contributed by atoms with Crippen LogP contribution in [0.5, 0.6) is 0 Å². The second kappa shape index (κ2) is 9.59. The Kier molecular flexibility index (Phi) is 6.57. The summed E-state index contributed by atoms with van der Waals surface area (Å²) in [5.74, 6) is -0.842. The normalized spacial score (nSPS) is 13.5. The Morgan fingerprint density at radius 2 is 1.77 bits per heavy atom. The van der Waals surface area contributed by atoms with E-state index in [1.807, 2.05) is 6.07 Å². The summed E-state index contributed by atoms with van der Waals surface area (Å²) in [6.45, 7) is 3.55. The van der Waals surface area contributed by atoms with Gasteiger partial charge in [-0.15, -0.1) is 0 Å².